The minimum Gasteiger partial charge on any atom is -0.477 e. The van der Waals surface area contributed by atoms with Gasteiger partial charge in [-0.25, -0.2) is 9.78 Å². The molecule has 0 radical (unpaired) electrons. The number of aliphatic carboxylic acids is 1. The molecule has 30 heavy (non-hydrogen) atoms. The van der Waals surface area contributed by atoms with Gasteiger partial charge >= 0.3 is 5.97 Å². The highest BCUT2D eigenvalue weighted by molar-refractivity contribution is 8.02. The van der Waals surface area contributed by atoms with Gasteiger partial charge in [0.1, 0.15) is 29.9 Å². The van der Waals surface area contributed by atoms with Gasteiger partial charge < -0.3 is 21.0 Å². The number of nitrogens with one attached hydrogen (secondary N) is 1. The number of oxime groups is 1. The predicted molar refractivity (Wildman–Crippen MR) is 120 cm³/mol. The van der Waals surface area contributed by atoms with Crippen LogP contribution in [0.2, 0.25) is 0 Å². The third kappa shape index (κ3) is 4.58. The lowest BCUT2D eigenvalue weighted by atomic mass is 10.0. The smallest absolute Gasteiger partial charge is 0.352 e. The molecule has 3 heterocycles. The van der Waals surface area contributed by atoms with Crippen molar-refractivity contribution in [2.75, 3.05) is 24.3 Å². The second-order valence-electron chi connectivity index (χ2n) is 5.79. The van der Waals surface area contributed by atoms with Gasteiger partial charge in [-0.1, -0.05) is 11.7 Å². The number of carboxylic acid groups (broad SMARTS) is 1. The first-order valence-corrected chi connectivity index (χ1v) is 11.1. The lowest BCUT2D eigenvalue weighted by Gasteiger charge is -2.49. The van der Waals surface area contributed by atoms with Crippen LogP contribution in [0.15, 0.2) is 33.8 Å². The highest BCUT2D eigenvalue weighted by atomic mass is 35.5. The van der Waals surface area contributed by atoms with Gasteiger partial charge in [-0.15, -0.1) is 47.3 Å². The number of amides is 2. The van der Waals surface area contributed by atoms with Crippen LogP contribution in [0.5, 0.6) is 0 Å². The minimum atomic E-state index is -1.17. The minimum absolute atomic E-state index is 0. The summed E-state index contributed by atoms with van der Waals surface area (Å²) in [7, 11) is 1.28. The van der Waals surface area contributed by atoms with E-state index >= 15 is 0 Å². The number of β-lactam (4-membered cyclic amide) rings is 1. The zero-order valence-corrected chi connectivity index (χ0v) is 18.8. The predicted octanol–water partition coefficient (Wildman–Crippen LogP) is 1.11. The molecule has 1 aromatic rings. The van der Waals surface area contributed by atoms with Crippen molar-refractivity contribution in [3.8, 4) is 0 Å². The molecule has 162 valence electrons. The van der Waals surface area contributed by atoms with Gasteiger partial charge in [-0.05, 0) is 11.0 Å². The number of fused-ring (bicyclic) bond motifs is 1. The summed E-state index contributed by atoms with van der Waals surface area (Å²) < 4.78 is 0. The Morgan fingerprint density at radius 1 is 1.60 bits per heavy atom. The molecule has 2 atom stereocenters. The quantitative estimate of drug-likeness (QED) is 0.276. The molecule has 3 rings (SSSR count). The first-order valence-electron chi connectivity index (χ1n) is 8.15. The number of anilines is 1. The van der Waals surface area contributed by atoms with E-state index in [0.717, 1.165) is 11.3 Å². The topological polar surface area (TPSA) is 147 Å². The van der Waals surface area contributed by atoms with Crippen molar-refractivity contribution in [3.05, 3.63) is 34.3 Å². The zero-order valence-electron chi connectivity index (χ0n) is 15.6. The summed E-state index contributed by atoms with van der Waals surface area (Å²) >= 11 is 3.88. The van der Waals surface area contributed by atoms with Gasteiger partial charge in [0.25, 0.3) is 11.8 Å². The van der Waals surface area contributed by atoms with Crippen LogP contribution in [0.25, 0.3) is 0 Å². The zero-order chi connectivity index (χ0) is 21.1. The van der Waals surface area contributed by atoms with Gasteiger partial charge in [0.2, 0.25) is 0 Å². The van der Waals surface area contributed by atoms with E-state index in [2.05, 4.69) is 22.0 Å². The summed E-state index contributed by atoms with van der Waals surface area (Å²) in [5.41, 5.74) is 6.31. The lowest BCUT2D eigenvalue weighted by molar-refractivity contribution is -0.150. The maximum absolute atomic E-state index is 12.7. The van der Waals surface area contributed by atoms with Gasteiger partial charge in [-0.3, -0.25) is 14.5 Å². The molecule has 2 aliphatic rings. The number of carbonyl (C=O) groups is 3. The number of aromatic nitrogens is 1. The average molecular weight is 492 g/mol. The molecule has 14 heteroatoms. The van der Waals surface area contributed by atoms with Gasteiger partial charge in [0, 0.05) is 16.9 Å². The third-order valence-corrected chi connectivity index (χ3v) is 6.84. The number of carboxylic acids is 1. The monoisotopic (exact) mass is 491 g/mol. The number of hydrogen-bond acceptors (Lipinski definition) is 10. The summed E-state index contributed by atoms with van der Waals surface area (Å²) in [6, 6.07) is -0.881. The Morgan fingerprint density at radius 2 is 2.33 bits per heavy atom. The van der Waals surface area contributed by atoms with Crippen molar-refractivity contribution in [3.63, 3.8) is 0 Å². The molecule has 1 aromatic heterocycles. The van der Waals surface area contributed by atoms with Crippen molar-refractivity contribution in [1.82, 2.24) is 15.2 Å². The van der Waals surface area contributed by atoms with E-state index in [0.29, 0.717) is 17.1 Å². The molecule has 0 bridgehead atoms. The van der Waals surface area contributed by atoms with Crippen LogP contribution in [-0.2, 0) is 19.2 Å². The summed E-state index contributed by atoms with van der Waals surface area (Å²) in [6.07, 6.45) is 0. The van der Waals surface area contributed by atoms with Crippen LogP contribution >= 0.6 is 47.3 Å². The second-order valence-corrected chi connectivity index (χ2v) is 8.74. The number of thioether (sulfide) groups is 2. The van der Waals surface area contributed by atoms with E-state index in [9.17, 15) is 19.5 Å². The summed E-state index contributed by atoms with van der Waals surface area (Å²) in [5, 5.41) is 18.8. The molecule has 2 aliphatic heterocycles. The van der Waals surface area contributed by atoms with Crippen LogP contribution in [0.1, 0.15) is 5.69 Å². The fourth-order valence-electron chi connectivity index (χ4n) is 2.86. The molecule has 0 saturated carbocycles. The molecular formula is C16H18ClN5O5S3. The second kappa shape index (κ2) is 10.2. The Hall–Kier alpha value is -2.22. The first-order chi connectivity index (χ1) is 13.9. The largest absolute Gasteiger partial charge is 0.477 e. The maximum atomic E-state index is 12.7. The molecular weight excluding hydrogens is 474 g/mol. The molecule has 1 fully saturated rings. The van der Waals surface area contributed by atoms with E-state index in [1.54, 1.807) is 10.8 Å². The Morgan fingerprint density at radius 3 is 2.90 bits per heavy atom. The van der Waals surface area contributed by atoms with Crippen LogP contribution in [0.4, 0.5) is 5.13 Å². The molecule has 0 aromatic carbocycles. The van der Waals surface area contributed by atoms with Crippen LogP contribution in [0.3, 0.4) is 0 Å². The van der Waals surface area contributed by atoms with E-state index in [1.807, 2.05) is 0 Å². The molecule has 2 amide bonds. The van der Waals surface area contributed by atoms with Crippen LogP contribution in [0, 0.1) is 0 Å². The van der Waals surface area contributed by atoms with Crippen LogP contribution in [-0.4, -0.2) is 68.5 Å². The SMILES string of the molecule is C=CSCC1=C(C(=O)O)N2C(=O)C(NC(=O)/C(=N\OC)c3csc(N)n3)[C@H]2SC1.Cl. The number of nitrogen functional groups attached to an aromatic ring is 1. The maximum Gasteiger partial charge on any atom is 0.352 e. The van der Waals surface area contributed by atoms with Crippen molar-refractivity contribution in [2.24, 2.45) is 5.16 Å². The number of rotatable bonds is 8. The van der Waals surface area contributed by atoms with Gasteiger partial charge in [-0.2, -0.15) is 0 Å². The van der Waals surface area contributed by atoms with E-state index in [-0.39, 0.29) is 34.6 Å². The number of thiazole rings is 1. The average Bonchev–Trinajstić information content (AvgIpc) is 3.13. The fourth-order valence-corrected chi connectivity index (χ4v) is 5.44. The standard InChI is InChI=1S/C16H17N5O5S3.ClH/c1-3-27-4-7-5-28-14-10(13(23)21(14)11(7)15(24)25)19-12(22)9(20-26-2)8-6-29-16(17)18-8;/h3,6,10,14H,1,4-5H2,2H3,(H2,17,18)(H,19,22)(H,24,25);1H/b20-9-;/t10?,14-;/m1./s1. The molecule has 1 saturated heterocycles. The Bertz CT molecular complexity index is 934. The normalized spacial score (nSPS) is 20.6. The molecule has 0 spiro atoms. The summed E-state index contributed by atoms with van der Waals surface area (Å²) in [4.78, 5) is 47.0. The molecule has 4 N–H and O–H groups in total. The summed E-state index contributed by atoms with van der Waals surface area (Å²) in [6.45, 7) is 3.61. The molecule has 0 aliphatic carbocycles. The third-order valence-electron chi connectivity index (χ3n) is 4.07. The number of carbonyl (C=O) groups excluding carboxylic acids is 2. The van der Waals surface area contributed by atoms with Crippen molar-refractivity contribution in [1.29, 1.82) is 0 Å². The van der Waals surface area contributed by atoms with Gasteiger partial charge in [0.05, 0.1) is 0 Å². The van der Waals surface area contributed by atoms with E-state index in [4.69, 9.17) is 10.6 Å². The van der Waals surface area contributed by atoms with E-state index in [1.165, 1.54) is 35.5 Å². The number of nitrogens with two attached hydrogens (primary N) is 1. The number of halogens is 1. The van der Waals surface area contributed by atoms with Crippen molar-refractivity contribution < 1.29 is 24.3 Å². The number of hydrogen-bond donors (Lipinski definition) is 3. The van der Waals surface area contributed by atoms with Crippen molar-refractivity contribution in [2.45, 2.75) is 11.4 Å². The summed E-state index contributed by atoms with van der Waals surface area (Å²) in [5.74, 6) is -1.46. The first kappa shape index (κ1) is 24.1. The molecule has 1 unspecified atom stereocenters. The fraction of sp³-hybridized carbons (Fsp3) is 0.312. The highest BCUT2D eigenvalue weighted by Gasteiger charge is 2.54. The Labute approximate surface area is 190 Å². The van der Waals surface area contributed by atoms with Crippen LogP contribution < -0.4 is 11.1 Å². The van der Waals surface area contributed by atoms with E-state index < -0.39 is 29.2 Å². The van der Waals surface area contributed by atoms with Crippen molar-refractivity contribution >= 4 is 75.9 Å². The number of nitrogens with zero attached hydrogens (tertiary/aromatic N) is 3. The van der Waals surface area contributed by atoms with Gasteiger partial charge in [0.15, 0.2) is 10.8 Å². The lowest BCUT2D eigenvalue weighted by Crippen LogP contribution is -2.71. The Balaban J connectivity index is 0.00000320. The molecule has 10 nitrogen and oxygen atoms in total. The Kier molecular flexibility index (Phi) is 8.18. The highest BCUT2D eigenvalue weighted by Crippen LogP contribution is 2.41.